The third-order valence-electron chi connectivity index (χ3n) is 2.06. The standard InChI is InChI=1S/C11H15FOS/c1-3-14-7-11(13)9-5-4-8(2)10(12)6-9/h4-6,11,13H,3,7H2,1-2H3. The molecule has 78 valence electrons. The van der Waals surface area contributed by atoms with E-state index in [9.17, 15) is 9.50 Å². The minimum Gasteiger partial charge on any atom is -0.388 e. The number of benzene rings is 1. The molecule has 0 saturated heterocycles. The third-order valence-corrected chi connectivity index (χ3v) is 3.02. The molecule has 1 aromatic carbocycles. The van der Waals surface area contributed by atoms with Crippen LogP contribution in [0.3, 0.4) is 0 Å². The summed E-state index contributed by atoms with van der Waals surface area (Å²) in [5, 5.41) is 9.68. The SMILES string of the molecule is CCSCC(O)c1ccc(C)c(F)c1. The van der Waals surface area contributed by atoms with Crippen LogP contribution in [-0.2, 0) is 0 Å². The first-order chi connectivity index (χ1) is 6.65. The van der Waals surface area contributed by atoms with Crippen molar-refractivity contribution < 1.29 is 9.50 Å². The molecule has 0 radical (unpaired) electrons. The number of aliphatic hydroxyl groups is 1. The molecule has 1 N–H and O–H groups in total. The summed E-state index contributed by atoms with van der Waals surface area (Å²) in [7, 11) is 0. The Labute approximate surface area is 88.3 Å². The van der Waals surface area contributed by atoms with Gasteiger partial charge < -0.3 is 5.11 Å². The summed E-state index contributed by atoms with van der Waals surface area (Å²) >= 11 is 1.65. The molecule has 0 aromatic heterocycles. The zero-order valence-corrected chi connectivity index (χ0v) is 9.27. The van der Waals surface area contributed by atoms with Gasteiger partial charge in [0.05, 0.1) is 6.10 Å². The van der Waals surface area contributed by atoms with Gasteiger partial charge in [-0.25, -0.2) is 4.39 Å². The Kier molecular flexibility index (Phi) is 4.42. The number of thioether (sulfide) groups is 1. The fraction of sp³-hybridized carbons (Fsp3) is 0.455. The second-order valence-electron chi connectivity index (χ2n) is 3.18. The Morgan fingerprint density at radius 1 is 1.50 bits per heavy atom. The summed E-state index contributed by atoms with van der Waals surface area (Å²) in [6.07, 6.45) is -0.560. The largest absolute Gasteiger partial charge is 0.388 e. The molecule has 1 nitrogen and oxygen atoms in total. The van der Waals surface area contributed by atoms with E-state index in [0.717, 1.165) is 5.75 Å². The van der Waals surface area contributed by atoms with Gasteiger partial charge in [-0.3, -0.25) is 0 Å². The molecule has 0 heterocycles. The van der Waals surface area contributed by atoms with Crippen molar-refractivity contribution in [3.05, 3.63) is 35.1 Å². The van der Waals surface area contributed by atoms with E-state index < -0.39 is 6.10 Å². The zero-order chi connectivity index (χ0) is 10.6. The fourth-order valence-electron chi connectivity index (χ4n) is 1.14. The minimum atomic E-state index is -0.560. The molecular formula is C11H15FOS. The van der Waals surface area contributed by atoms with Gasteiger partial charge in [-0.1, -0.05) is 19.1 Å². The van der Waals surface area contributed by atoms with Crippen molar-refractivity contribution in [2.75, 3.05) is 11.5 Å². The van der Waals surface area contributed by atoms with Gasteiger partial charge in [0.1, 0.15) is 5.82 Å². The lowest BCUT2D eigenvalue weighted by molar-refractivity contribution is 0.203. The third kappa shape index (κ3) is 3.00. The smallest absolute Gasteiger partial charge is 0.126 e. The van der Waals surface area contributed by atoms with E-state index in [1.807, 2.05) is 6.92 Å². The number of hydrogen-bond donors (Lipinski definition) is 1. The Hall–Kier alpha value is -0.540. The van der Waals surface area contributed by atoms with Gasteiger partial charge in [0.25, 0.3) is 0 Å². The predicted octanol–water partition coefficient (Wildman–Crippen LogP) is 2.92. The summed E-state index contributed by atoms with van der Waals surface area (Å²) in [4.78, 5) is 0. The summed E-state index contributed by atoms with van der Waals surface area (Å²) in [6, 6.07) is 4.89. The van der Waals surface area contributed by atoms with Crippen LogP contribution >= 0.6 is 11.8 Å². The second kappa shape index (κ2) is 5.37. The van der Waals surface area contributed by atoms with Crippen molar-refractivity contribution >= 4 is 11.8 Å². The topological polar surface area (TPSA) is 20.2 Å². The second-order valence-corrected chi connectivity index (χ2v) is 4.50. The Morgan fingerprint density at radius 2 is 2.21 bits per heavy atom. The van der Waals surface area contributed by atoms with E-state index in [2.05, 4.69) is 0 Å². The van der Waals surface area contributed by atoms with Crippen LogP contribution in [0.25, 0.3) is 0 Å². The lowest BCUT2D eigenvalue weighted by Gasteiger charge is -2.10. The minimum absolute atomic E-state index is 0.247. The van der Waals surface area contributed by atoms with Crippen LogP contribution in [-0.4, -0.2) is 16.6 Å². The molecule has 14 heavy (non-hydrogen) atoms. The molecule has 0 bridgehead atoms. The highest BCUT2D eigenvalue weighted by molar-refractivity contribution is 7.99. The van der Waals surface area contributed by atoms with Crippen LogP contribution in [0, 0.1) is 12.7 Å². The van der Waals surface area contributed by atoms with Gasteiger partial charge in [-0.05, 0) is 29.9 Å². The van der Waals surface area contributed by atoms with E-state index >= 15 is 0 Å². The van der Waals surface area contributed by atoms with Crippen molar-refractivity contribution in [1.29, 1.82) is 0 Å². The van der Waals surface area contributed by atoms with Gasteiger partial charge in [0, 0.05) is 5.75 Å². The molecule has 1 rings (SSSR count). The van der Waals surface area contributed by atoms with Crippen LogP contribution in [0.15, 0.2) is 18.2 Å². The Morgan fingerprint density at radius 3 is 2.79 bits per heavy atom. The molecule has 0 aliphatic heterocycles. The maximum absolute atomic E-state index is 13.1. The lowest BCUT2D eigenvalue weighted by atomic mass is 10.1. The van der Waals surface area contributed by atoms with E-state index in [1.165, 1.54) is 6.07 Å². The average molecular weight is 214 g/mol. The molecule has 1 atom stereocenters. The number of halogens is 1. The number of aliphatic hydroxyl groups excluding tert-OH is 1. The molecule has 0 aliphatic carbocycles. The number of hydrogen-bond acceptors (Lipinski definition) is 2. The molecule has 3 heteroatoms. The van der Waals surface area contributed by atoms with Crippen LogP contribution in [0.2, 0.25) is 0 Å². The van der Waals surface area contributed by atoms with Crippen molar-refractivity contribution in [3.63, 3.8) is 0 Å². The molecule has 0 amide bonds. The maximum Gasteiger partial charge on any atom is 0.126 e. The van der Waals surface area contributed by atoms with Crippen LogP contribution < -0.4 is 0 Å². The van der Waals surface area contributed by atoms with Crippen molar-refractivity contribution in [3.8, 4) is 0 Å². The highest BCUT2D eigenvalue weighted by Crippen LogP contribution is 2.20. The van der Waals surface area contributed by atoms with Crippen molar-refractivity contribution in [1.82, 2.24) is 0 Å². The first-order valence-corrected chi connectivity index (χ1v) is 5.82. The highest BCUT2D eigenvalue weighted by atomic mass is 32.2. The molecule has 0 fully saturated rings. The molecule has 0 aliphatic rings. The van der Waals surface area contributed by atoms with Crippen LogP contribution in [0.4, 0.5) is 4.39 Å². The van der Waals surface area contributed by atoms with Crippen molar-refractivity contribution in [2.45, 2.75) is 20.0 Å². The molecule has 1 aromatic rings. The Balaban J connectivity index is 2.70. The first kappa shape index (κ1) is 11.5. The van der Waals surface area contributed by atoms with Gasteiger partial charge >= 0.3 is 0 Å². The van der Waals surface area contributed by atoms with Gasteiger partial charge in [-0.15, -0.1) is 0 Å². The molecule has 0 saturated carbocycles. The fourth-order valence-corrected chi connectivity index (χ4v) is 1.79. The Bertz CT molecular complexity index is 301. The summed E-state index contributed by atoms with van der Waals surface area (Å²) < 4.78 is 13.1. The summed E-state index contributed by atoms with van der Waals surface area (Å²) in [6.45, 7) is 3.75. The van der Waals surface area contributed by atoms with Crippen LogP contribution in [0.1, 0.15) is 24.2 Å². The van der Waals surface area contributed by atoms with Gasteiger partial charge in [0.2, 0.25) is 0 Å². The van der Waals surface area contributed by atoms with Crippen molar-refractivity contribution in [2.24, 2.45) is 0 Å². The van der Waals surface area contributed by atoms with E-state index in [0.29, 0.717) is 16.9 Å². The van der Waals surface area contributed by atoms with Crippen LogP contribution in [0.5, 0.6) is 0 Å². The van der Waals surface area contributed by atoms with E-state index in [1.54, 1.807) is 30.8 Å². The van der Waals surface area contributed by atoms with Gasteiger partial charge in [0.15, 0.2) is 0 Å². The number of aryl methyl sites for hydroxylation is 1. The molecular weight excluding hydrogens is 199 g/mol. The maximum atomic E-state index is 13.1. The average Bonchev–Trinajstić information content (AvgIpc) is 2.18. The molecule has 0 spiro atoms. The predicted molar refractivity (Wildman–Crippen MR) is 59.1 cm³/mol. The normalized spacial score (nSPS) is 12.9. The first-order valence-electron chi connectivity index (χ1n) is 4.67. The van der Waals surface area contributed by atoms with Gasteiger partial charge in [-0.2, -0.15) is 11.8 Å². The summed E-state index contributed by atoms with van der Waals surface area (Å²) in [5.41, 5.74) is 1.28. The van der Waals surface area contributed by atoms with E-state index in [-0.39, 0.29) is 5.82 Å². The highest BCUT2D eigenvalue weighted by Gasteiger charge is 2.08. The zero-order valence-electron chi connectivity index (χ0n) is 8.46. The monoisotopic (exact) mass is 214 g/mol. The lowest BCUT2D eigenvalue weighted by Crippen LogP contribution is -2.01. The van der Waals surface area contributed by atoms with E-state index in [4.69, 9.17) is 0 Å². The summed E-state index contributed by atoms with van der Waals surface area (Å²) in [5.74, 6) is 1.34. The molecule has 1 unspecified atom stereocenters. The quantitative estimate of drug-likeness (QED) is 0.831. The number of rotatable bonds is 4.